The van der Waals surface area contributed by atoms with Crippen molar-refractivity contribution >= 4 is 22.3 Å². The van der Waals surface area contributed by atoms with Crippen LogP contribution >= 0.6 is 11.3 Å². The summed E-state index contributed by atoms with van der Waals surface area (Å²) in [5.41, 5.74) is 1.69. The van der Waals surface area contributed by atoms with Gasteiger partial charge in [-0.3, -0.25) is 4.40 Å². The molecule has 0 spiro atoms. The molecule has 4 nitrogen and oxygen atoms in total. The van der Waals surface area contributed by atoms with Crippen LogP contribution in [0.4, 0.5) is 4.39 Å². The summed E-state index contributed by atoms with van der Waals surface area (Å²) < 4.78 is 14.7. The zero-order valence-corrected chi connectivity index (χ0v) is 10.7. The summed E-state index contributed by atoms with van der Waals surface area (Å²) in [5.74, 6) is -1.36. The van der Waals surface area contributed by atoms with Crippen LogP contribution < -0.4 is 0 Å². The van der Waals surface area contributed by atoms with Crippen molar-refractivity contribution in [2.24, 2.45) is 0 Å². The van der Waals surface area contributed by atoms with Crippen LogP contribution in [0.5, 0.6) is 0 Å². The third-order valence-corrected chi connectivity index (χ3v) is 3.80. The Labute approximate surface area is 111 Å². The number of aromatic nitrogens is 2. The summed E-state index contributed by atoms with van der Waals surface area (Å²) in [6.45, 7) is 1.93. The third kappa shape index (κ3) is 1.90. The Bertz CT molecular complexity index is 774. The Kier molecular flexibility index (Phi) is 2.60. The van der Waals surface area contributed by atoms with Gasteiger partial charge < -0.3 is 5.11 Å². The van der Waals surface area contributed by atoms with Crippen molar-refractivity contribution in [3.8, 4) is 11.3 Å². The minimum absolute atomic E-state index is 0.00890. The first-order valence-corrected chi connectivity index (χ1v) is 6.35. The summed E-state index contributed by atoms with van der Waals surface area (Å²) in [5, 5.41) is 8.95. The number of hydrogen-bond donors (Lipinski definition) is 1. The normalized spacial score (nSPS) is 11.1. The Morgan fingerprint density at radius 1 is 1.37 bits per heavy atom. The highest BCUT2D eigenvalue weighted by molar-refractivity contribution is 7.17. The Morgan fingerprint density at radius 3 is 2.68 bits per heavy atom. The minimum atomic E-state index is -1.06. The molecule has 2 heterocycles. The van der Waals surface area contributed by atoms with E-state index < -0.39 is 5.97 Å². The van der Waals surface area contributed by atoms with Crippen LogP contribution in [0.3, 0.4) is 0 Å². The fourth-order valence-electron chi connectivity index (χ4n) is 2.00. The molecule has 0 saturated carbocycles. The quantitative estimate of drug-likeness (QED) is 0.782. The number of imidazole rings is 1. The number of rotatable bonds is 2. The molecule has 0 bridgehead atoms. The highest BCUT2D eigenvalue weighted by Gasteiger charge is 2.16. The van der Waals surface area contributed by atoms with E-state index in [1.807, 2.05) is 6.92 Å². The summed E-state index contributed by atoms with van der Waals surface area (Å²) in [7, 11) is 0. The van der Waals surface area contributed by atoms with Crippen molar-refractivity contribution in [2.45, 2.75) is 6.92 Å². The molecule has 0 radical (unpaired) electrons. The fraction of sp³-hybridized carbons (Fsp3) is 0.0769. The van der Waals surface area contributed by atoms with Crippen LogP contribution in [0, 0.1) is 12.7 Å². The van der Waals surface area contributed by atoms with Crippen LogP contribution in [-0.4, -0.2) is 20.5 Å². The maximum absolute atomic E-state index is 13.0. The van der Waals surface area contributed by atoms with E-state index >= 15 is 0 Å². The Morgan fingerprint density at radius 2 is 2.05 bits per heavy atom. The Balaban J connectivity index is 2.24. The topological polar surface area (TPSA) is 54.6 Å². The number of thiazole rings is 1. The predicted molar refractivity (Wildman–Crippen MR) is 70.2 cm³/mol. The maximum Gasteiger partial charge on any atom is 0.356 e. The molecule has 19 heavy (non-hydrogen) atoms. The number of carboxylic acid groups (broad SMARTS) is 1. The number of hydrogen-bond acceptors (Lipinski definition) is 3. The highest BCUT2D eigenvalue weighted by Crippen LogP contribution is 2.31. The zero-order valence-electron chi connectivity index (χ0n) is 9.92. The van der Waals surface area contributed by atoms with Crippen LogP contribution in [0.1, 0.15) is 15.4 Å². The molecule has 2 aromatic heterocycles. The smallest absolute Gasteiger partial charge is 0.356 e. The molecule has 1 aromatic carbocycles. The monoisotopic (exact) mass is 276 g/mol. The maximum atomic E-state index is 13.0. The SMILES string of the molecule is Cc1sc2nc(C(=O)O)cn2c1-c1ccc(F)cc1. The van der Waals surface area contributed by atoms with Crippen LogP contribution in [0.25, 0.3) is 16.2 Å². The van der Waals surface area contributed by atoms with E-state index in [1.54, 1.807) is 16.5 Å². The van der Waals surface area contributed by atoms with Crippen molar-refractivity contribution in [3.63, 3.8) is 0 Å². The molecule has 0 atom stereocenters. The summed E-state index contributed by atoms with van der Waals surface area (Å²) >= 11 is 1.41. The zero-order chi connectivity index (χ0) is 13.6. The molecular formula is C13H9FN2O2S. The van der Waals surface area contributed by atoms with E-state index in [1.165, 1.54) is 29.7 Å². The molecule has 0 saturated heterocycles. The van der Waals surface area contributed by atoms with Crippen molar-refractivity contribution in [1.82, 2.24) is 9.38 Å². The van der Waals surface area contributed by atoms with Crippen LogP contribution in [0.15, 0.2) is 30.5 Å². The lowest BCUT2D eigenvalue weighted by Crippen LogP contribution is -1.95. The molecule has 0 aliphatic rings. The molecule has 3 rings (SSSR count). The van der Waals surface area contributed by atoms with Crippen molar-refractivity contribution in [1.29, 1.82) is 0 Å². The van der Waals surface area contributed by atoms with Gasteiger partial charge in [0.05, 0.1) is 5.69 Å². The van der Waals surface area contributed by atoms with E-state index in [0.29, 0.717) is 4.96 Å². The number of aromatic carboxylic acids is 1. The molecular weight excluding hydrogens is 267 g/mol. The van der Waals surface area contributed by atoms with Gasteiger partial charge >= 0.3 is 5.97 Å². The van der Waals surface area contributed by atoms with E-state index in [9.17, 15) is 9.18 Å². The van der Waals surface area contributed by atoms with Gasteiger partial charge in [0.15, 0.2) is 10.7 Å². The first kappa shape index (κ1) is 11.9. The number of nitrogens with zero attached hydrogens (tertiary/aromatic N) is 2. The molecule has 0 amide bonds. The molecule has 0 unspecified atom stereocenters. The van der Waals surface area contributed by atoms with Crippen molar-refractivity contribution in [2.75, 3.05) is 0 Å². The summed E-state index contributed by atoms with van der Waals surface area (Å²) in [6, 6.07) is 6.11. The van der Waals surface area contributed by atoms with Crippen LogP contribution in [-0.2, 0) is 0 Å². The number of aryl methyl sites for hydroxylation is 1. The molecule has 3 aromatic rings. The van der Waals surface area contributed by atoms with E-state index in [0.717, 1.165) is 16.1 Å². The largest absolute Gasteiger partial charge is 0.476 e. The molecule has 1 N–H and O–H groups in total. The van der Waals surface area contributed by atoms with Gasteiger partial charge in [-0.2, -0.15) is 0 Å². The third-order valence-electron chi connectivity index (χ3n) is 2.83. The number of benzene rings is 1. The first-order valence-electron chi connectivity index (χ1n) is 5.54. The molecule has 96 valence electrons. The predicted octanol–water partition coefficient (Wildman–Crippen LogP) is 3.21. The van der Waals surface area contributed by atoms with Crippen molar-refractivity contribution < 1.29 is 14.3 Å². The molecule has 0 aliphatic carbocycles. The lowest BCUT2D eigenvalue weighted by Gasteiger charge is -2.01. The first-order chi connectivity index (χ1) is 9.06. The van der Waals surface area contributed by atoms with Gasteiger partial charge in [0, 0.05) is 11.1 Å². The van der Waals surface area contributed by atoms with Gasteiger partial charge in [-0.25, -0.2) is 14.2 Å². The lowest BCUT2D eigenvalue weighted by atomic mass is 10.1. The number of halogens is 1. The second kappa shape index (κ2) is 4.17. The van der Waals surface area contributed by atoms with Gasteiger partial charge in [0.2, 0.25) is 0 Å². The molecule has 6 heteroatoms. The van der Waals surface area contributed by atoms with Gasteiger partial charge in [0.25, 0.3) is 0 Å². The second-order valence-corrected chi connectivity index (χ2v) is 5.28. The average molecular weight is 276 g/mol. The van der Waals surface area contributed by atoms with Crippen LogP contribution in [0.2, 0.25) is 0 Å². The van der Waals surface area contributed by atoms with Gasteiger partial charge in [0.1, 0.15) is 5.82 Å². The van der Waals surface area contributed by atoms with Crippen molar-refractivity contribution in [3.05, 3.63) is 46.9 Å². The van der Waals surface area contributed by atoms with E-state index in [-0.39, 0.29) is 11.5 Å². The molecule has 0 fully saturated rings. The second-order valence-electron chi connectivity index (χ2n) is 4.10. The van der Waals surface area contributed by atoms with Gasteiger partial charge in [-0.1, -0.05) is 0 Å². The van der Waals surface area contributed by atoms with E-state index in [4.69, 9.17) is 5.11 Å². The summed E-state index contributed by atoms with van der Waals surface area (Å²) in [4.78, 5) is 16.6. The average Bonchev–Trinajstić information content (AvgIpc) is 2.87. The fourth-order valence-corrected chi connectivity index (χ4v) is 2.98. The van der Waals surface area contributed by atoms with Gasteiger partial charge in [-0.15, -0.1) is 11.3 Å². The van der Waals surface area contributed by atoms with E-state index in [2.05, 4.69) is 4.98 Å². The summed E-state index contributed by atoms with van der Waals surface area (Å²) in [6.07, 6.45) is 1.49. The highest BCUT2D eigenvalue weighted by atomic mass is 32.1. The standard InChI is InChI=1S/C13H9FN2O2S/c1-7-11(8-2-4-9(14)5-3-8)16-6-10(12(17)18)15-13(16)19-7/h2-6H,1H3,(H,17,18). The minimum Gasteiger partial charge on any atom is -0.476 e. The number of carboxylic acids is 1. The lowest BCUT2D eigenvalue weighted by molar-refractivity contribution is 0.0691. The number of carbonyl (C=O) groups is 1. The Hall–Kier alpha value is -2.21. The molecule has 0 aliphatic heterocycles. The van der Waals surface area contributed by atoms with Gasteiger partial charge in [-0.05, 0) is 36.8 Å². The number of fused-ring (bicyclic) bond motifs is 1.